The van der Waals surface area contributed by atoms with Gasteiger partial charge in [-0.3, -0.25) is 14.5 Å². The molecule has 2 aliphatic rings. The van der Waals surface area contributed by atoms with E-state index < -0.39 is 0 Å². The number of carbonyl (C=O) groups excluding carboxylic acids is 2. The van der Waals surface area contributed by atoms with Crippen molar-refractivity contribution in [2.45, 2.75) is 32.7 Å². The van der Waals surface area contributed by atoms with Crippen molar-refractivity contribution in [2.75, 3.05) is 44.7 Å². The lowest BCUT2D eigenvalue weighted by Gasteiger charge is -2.36. The number of ether oxygens (including phenoxy) is 1. The van der Waals surface area contributed by atoms with Crippen molar-refractivity contribution >= 4 is 17.9 Å². The van der Waals surface area contributed by atoms with Gasteiger partial charge in [-0.1, -0.05) is 6.07 Å². The maximum atomic E-state index is 13.4. The number of aryl methyl sites for hydroxylation is 2. The maximum Gasteiger partial charge on any atom is 0.252 e. The quantitative estimate of drug-likeness (QED) is 0.414. The summed E-state index contributed by atoms with van der Waals surface area (Å²) >= 11 is 0. The van der Waals surface area contributed by atoms with E-state index in [1.807, 2.05) is 57.4 Å². The van der Waals surface area contributed by atoms with E-state index in [0.717, 1.165) is 66.3 Å². The molecule has 1 atom stereocenters. The number of aldehydes is 1. The number of anilines is 1. The van der Waals surface area contributed by atoms with Gasteiger partial charge in [0.15, 0.2) is 6.29 Å². The number of piperazine rings is 1. The number of hydrogen-bond acceptors (Lipinski definition) is 5. The van der Waals surface area contributed by atoms with E-state index in [9.17, 15) is 9.59 Å². The first kappa shape index (κ1) is 26.0. The van der Waals surface area contributed by atoms with Crippen molar-refractivity contribution in [3.8, 4) is 16.9 Å². The minimum Gasteiger partial charge on any atom is -0.497 e. The summed E-state index contributed by atoms with van der Waals surface area (Å²) in [5.41, 5.74) is 6.17. The molecule has 1 aromatic heterocycles. The van der Waals surface area contributed by atoms with Crippen LogP contribution in [0, 0.1) is 12.8 Å². The van der Waals surface area contributed by atoms with Gasteiger partial charge in [0.1, 0.15) is 5.75 Å². The Labute approximate surface area is 225 Å². The second-order valence-electron chi connectivity index (χ2n) is 10.8. The fourth-order valence-electron chi connectivity index (χ4n) is 5.28. The van der Waals surface area contributed by atoms with Gasteiger partial charge in [0, 0.05) is 62.8 Å². The summed E-state index contributed by atoms with van der Waals surface area (Å²) in [4.78, 5) is 29.8. The number of nitrogens with zero attached hydrogens (tertiary/aromatic N) is 3. The van der Waals surface area contributed by atoms with E-state index in [4.69, 9.17) is 4.74 Å². The summed E-state index contributed by atoms with van der Waals surface area (Å²) in [6.45, 7) is 9.35. The van der Waals surface area contributed by atoms with Crippen LogP contribution in [0.4, 0.5) is 5.69 Å². The summed E-state index contributed by atoms with van der Waals surface area (Å²) in [7, 11) is 3.48. The number of amides is 1. The first-order chi connectivity index (χ1) is 18.3. The summed E-state index contributed by atoms with van der Waals surface area (Å²) in [5, 5.41) is 3.19. The van der Waals surface area contributed by atoms with Crippen LogP contribution in [-0.2, 0) is 7.05 Å². The van der Waals surface area contributed by atoms with Gasteiger partial charge >= 0.3 is 0 Å². The normalized spacial score (nSPS) is 16.8. The molecular weight excluding hydrogens is 476 g/mol. The van der Waals surface area contributed by atoms with Crippen LogP contribution < -0.4 is 15.0 Å². The van der Waals surface area contributed by atoms with E-state index >= 15 is 0 Å². The highest BCUT2D eigenvalue weighted by Gasteiger charge is 2.27. The lowest BCUT2D eigenvalue weighted by Crippen LogP contribution is -2.47. The summed E-state index contributed by atoms with van der Waals surface area (Å²) in [6.07, 6.45) is 5.54. The van der Waals surface area contributed by atoms with Gasteiger partial charge < -0.3 is 19.5 Å². The fourth-order valence-corrected chi connectivity index (χ4v) is 5.28. The number of carbonyl (C=O) groups is 2. The van der Waals surface area contributed by atoms with Gasteiger partial charge in [-0.05, 0) is 85.7 Å². The van der Waals surface area contributed by atoms with Crippen LogP contribution in [0.3, 0.4) is 0 Å². The first-order valence-corrected chi connectivity index (χ1v) is 13.5. The zero-order valence-electron chi connectivity index (χ0n) is 22.9. The molecule has 1 aliphatic carbocycles. The molecule has 1 saturated carbocycles. The molecule has 2 heterocycles. The van der Waals surface area contributed by atoms with Gasteiger partial charge in [-0.15, -0.1) is 0 Å². The minimum atomic E-state index is -0.236. The highest BCUT2D eigenvalue weighted by molar-refractivity contribution is 5.97. The molecule has 1 N–H and O–H groups in total. The Kier molecular flexibility index (Phi) is 7.56. The molecule has 7 heteroatoms. The van der Waals surface area contributed by atoms with E-state index in [1.54, 1.807) is 11.7 Å². The lowest BCUT2D eigenvalue weighted by molar-refractivity contribution is 0.0939. The second kappa shape index (κ2) is 11.0. The average Bonchev–Trinajstić information content (AvgIpc) is 3.66. The van der Waals surface area contributed by atoms with E-state index in [1.165, 1.54) is 19.4 Å². The van der Waals surface area contributed by atoms with Crippen molar-refractivity contribution in [1.29, 1.82) is 0 Å². The van der Waals surface area contributed by atoms with Crippen LogP contribution in [0.5, 0.6) is 5.75 Å². The number of hydrogen-bond donors (Lipinski definition) is 1. The monoisotopic (exact) mass is 514 g/mol. The van der Waals surface area contributed by atoms with Crippen molar-refractivity contribution in [1.82, 2.24) is 14.8 Å². The third kappa shape index (κ3) is 5.78. The smallest absolute Gasteiger partial charge is 0.252 e. The van der Waals surface area contributed by atoms with Crippen LogP contribution in [0.1, 0.15) is 57.8 Å². The summed E-state index contributed by atoms with van der Waals surface area (Å²) in [6, 6.07) is 13.8. The third-order valence-electron chi connectivity index (χ3n) is 7.93. The lowest BCUT2D eigenvalue weighted by atomic mass is 10.00. The molecular formula is C31H38N4O3. The predicted molar refractivity (Wildman–Crippen MR) is 151 cm³/mol. The molecule has 200 valence electrons. The SMILES string of the molecule is COc1cc(-c2cc(C=O)n(C)c2)cc(C(C)NC(=O)c2cc(N3CCN(CC4CC4)CC3)ccc2C)c1. The van der Waals surface area contributed by atoms with Gasteiger partial charge in [-0.2, -0.15) is 0 Å². The van der Waals surface area contributed by atoms with Gasteiger partial charge in [0.05, 0.1) is 18.8 Å². The van der Waals surface area contributed by atoms with Crippen LogP contribution in [0.2, 0.25) is 0 Å². The van der Waals surface area contributed by atoms with E-state index in [0.29, 0.717) is 17.0 Å². The Morgan fingerprint density at radius 3 is 2.50 bits per heavy atom. The molecule has 1 saturated heterocycles. The molecule has 5 rings (SSSR count). The molecule has 2 fully saturated rings. The molecule has 3 aromatic rings. The maximum absolute atomic E-state index is 13.4. The molecule has 1 aliphatic heterocycles. The van der Waals surface area contributed by atoms with Crippen molar-refractivity contribution < 1.29 is 14.3 Å². The van der Waals surface area contributed by atoms with E-state index in [2.05, 4.69) is 27.2 Å². The number of nitrogens with one attached hydrogen (secondary N) is 1. The van der Waals surface area contributed by atoms with Crippen molar-refractivity contribution in [3.63, 3.8) is 0 Å². The molecule has 0 spiro atoms. The van der Waals surface area contributed by atoms with Crippen molar-refractivity contribution in [2.24, 2.45) is 13.0 Å². The van der Waals surface area contributed by atoms with Crippen molar-refractivity contribution in [3.05, 3.63) is 71.0 Å². The molecule has 1 amide bonds. The molecule has 38 heavy (non-hydrogen) atoms. The molecule has 1 unspecified atom stereocenters. The predicted octanol–water partition coefficient (Wildman–Crippen LogP) is 4.84. The highest BCUT2D eigenvalue weighted by Crippen LogP contribution is 2.31. The Balaban J connectivity index is 1.30. The number of aromatic nitrogens is 1. The minimum absolute atomic E-state index is 0.0865. The summed E-state index contributed by atoms with van der Waals surface area (Å²) in [5.74, 6) is 1.53. The molecule has 2 aromatic carbocycles. The Hall–Kier alpha value is -3.58. The second-order valence-corrected chi connectivity index (χ2v) is 10.8. The Morgan fingerprint density at radius 2 is 1.84 bits per heavy atom. The number of rotatable bonds is 9. The standard InChI is InChI=1S/C31H38N4O3/c1-21-5-8-27(35-11-9-34(10-12-35)18-23-6-7-23)17-30(21)31(37)32-22(2)24-13-25(16-29(15-24)38-4)26-14-28(20-36)33(3)19-26/h5,8,13-17,19-20,22-23H,6-7,9-12,18H2,1-4H3,(H,32,37). The number of methoxy groups -OCH3 is 1. The van der Waals surface area contributed by atoms with Crippen LogP contribution in [-0.4, -0.2) is 61.5 Å². The van der Waals surface area contributed by atoms with Gasteiger partial charge in [0.2, 0.25) is 0 Å². The average molecular weight is 515 g/mol. The van der Waals surface area contributed by atoms with Gasteiger partial charge in [0.25, 0.3) is 5.91 Å². The molecule has 0 radical (unpaired) electrons. The van der Waals surface area contributed by atoms with Crippen LogP contribution >= 0.6 is 0 Å². The highest BCUT2D eigenvalue weighted by atomic mass is 16.5. The third-order valence-corrected chi connectivity index (χ3v) is 7.93. The van der Waals surface area contributed by atoms with Crippen LogP contribution in [0.25, 0.3) is 11.1 Å². The Bertz CT molecular complexity index is 1320. The van der Waals surface area contributed by atoms with Gasteiger partial charge in [-0.25, -0.2) is 0 Å². The topological polar surface area (TPSA) is 66.8 Å². The zero-order valence-corrected chi connectivity index (χ0v) is 22.9. The largest absolute Gasteiger partial charge is 0.497 e. The van der Waals surface area contributed by atoms with E-state index in [-0.39, 0.29) is 11.9 Å². The molecule has 0 bridgehead atoms. The van der Waals surface area contributed by atoms with Crippen LogP contribution in [0.15, 0.2) is 48.7 Å². The fraction of sp³-hybridized carbons (Fsp3) is 0.419. The number of benzene rings is 2. The first-order valence-electron chi connectivity index (χ1n) is 13.5. The summed E-state index contributed by atoms with van der Waals surface area (Å²) < 4.78 is 7.36. The molecule has 7 nitrogen and oxygen atoms in total. The zero-order chi connectivity index (χ0) is 26.8. The Morgan fingerprint density at radius 1 is 1.08 bits per heavy atom.